The predicted octanol–water partition coefficient (Wildman–Crippen LogP) is 5.35. The minimum atomic E-state index is 0.757. The van der Waals surface area contributed by atoms with Gasteiger partial charge in [0.15, 0.2) is 0 Å². The van der Waals surface area contributed by atoms with Crippen molar-refractivity contribution in [3.8, 4) is 0 Å². The van der Waals surface area contributed by atoms with Gasteiger partial charge in [0.2, 0.25) is 0 Å². The number of benzene rings is 2. The Morgan fingerprint density at radius 1 is 1.20 bits per heavy atom. The van der Waals surface area contributed by atoms with Gasteiger partial charge in [0.1, 0.15) is 0 Å². The van der Waals surface area contributed by atoms with Gasteiger partial charge in [-0.15, -0.1) is 0 Å². The summed E-state index contributed by atoms with van der Waals surface area (Å²) in [6.07, 6.45) is 2.04. The largest absolute Gasteiger partial charge is 0.381 e. The zero-order valence-corrected chi connectivity index (χ0v) is 13.9. The van der Waals surface area contributed by atoms with Crippen LogP contribution in [0.1, 0.15) is 11.1 Å². The van der Waals surface area contributed by atoms with E-state index in [-0.39, 0.29) is 0 Å². The molecule has 0 amide bonds. The van der Waals surface area contributed by atoms with Gasteiger partial charge >= 0.3 is 0 Å². The molecule has 2 aromatic carbocycles. The Morgan fingerprint density at radius 3 is 2.85 bits per heavy atom. The third kappa shape index (κ3) is 2.79. The maximum absolute atomic E-state index is 6.00. The van der Waals surface area contributed by atoms with Crippen LogP contribution in [0.2, 0.25) is 5.02 Å². The monoisotopic (exact) mass is 396 g/mol. The number of hydrogen-bond donors (Lipinski definition) is 2. The van der Waals surface area contributed by atoms with E-state index in [0.29, 0.717) is 0 Å². The average molecular weight is 397 g/mol. The third-order valence-electron chi connectivity index (χ3n) is 3.39. The van der Waals surface area contributed by atoms with Crippen molar-refractivity contribution in [2.24, 2.45) is 0 Å². The van der Waals surface area contributed by atoms with Crippen LogP contribution in [0.5, 0.6) is 0 Å². The molecule has 4 heteroatoms. The lowest BCUT2D eigenvalue weighted by Gasteiger charge is -2.09. The first-order valence-electron chi connectivity index (χ1n) is 6.39. The van der Waals surface area contributed by atoms with E-state index in [0.717, 1.165) is 17.1 Å². The summed E-state index contributed by atoms with van der Waals surface area (Å²) in [5.41, 5.74) is 4.76. The third-order valence-corrected chi connectivity index (χ3v) is 4.29. The van der Waals surface area contributed by atoms with Gasteiger partial charge in [-0.2, -0.15) is 0 Å². The summed E-state index contributed by atoms with van der Waals surface area (Å²) in [6.45, 7) is 2.92. The fourth-order valence-corrected chi connectivity index (χ4v) is 3.14. The molecule has 1 heterocycles. The number of aryl methyl sites for hydroxylation is 1. The van der Waals surface area contributed by atoms with E-state index in [9.17, 15) is 0 Å². The molecule has 3 rings (SSSR count). The Labute approximate surface area is 136 Å². The fourth-order valence-electron chi connectivity index (χ4n) is 2.32. The highest BCUT2D eigenvalue weighted by atomic mass is 127. The van der Waals surface area contributed by atoms with Crippen molar-refractivity contribution in [2.45, 2.75) is 13.5 Å². The highest BCUT2D eigenvalue weighted by Gasteiger charge is 2.05. The van der Waals surface area contributed by atoms with Gasteiger partial charge in [-0.05, 0) is 71.0 Å². The lowest BCUT2D eigenvalue weighted by atomic mass is 10.1. The van der Waals surface area contributed by atoms with Gasteiger partial charge in [0.05, 0.1) is 0 Å². The number of H-pyrrole nitrogens is 1. The number of nitrogens with one attached hydrogen (secondary N) is 2. The molecule has 0 spiro atoms. The topological polar surface area (TPSA) is 27.8 Å². The molecule has 0 saturated carbocycles. The molecule has 0 unspecified atom stereocenters. The van der Waals surface area contributed by atoms with Gasteiger partial charge < -0.3 is 10.3 Å². The van der Waals surface area contributed by atoms with E-state index in [1.807, 2.05) is 18.3 Å². The van der Waals surface area contributed by atoms with Gasteiger partial charge in [-0.1, -0.05) is 17.7 Å². The van der Waals surface area contributed by atoms with Gasteiger partial charge in [0.25, 0.3) is 0 Å². The van der Waals surface area contributed by atoms with Gasteiger partial charge in [-0.25, -0.2) is 0 Å². The second kappa shape index (κ2) is 5.66. The van der Waals surface area contributed by atoms with Crippen LogP contribution in [0.3, 0.4) is 0 Å². The van der Waals surface area contributed by atoms with Crippen LogP contribution < -0.4 is 5.32 Å². The smallest absolute Gasteiger partial charge is 0.0472 e. The number of anilines is 1. The molecule has 3 aromatic rings. The van der Waals surface area contributed by atoms with Crippen molar-refractivity contribution in [1.29, 1.82) is 0 Å². The van der Waals surface area contributed by atoms with E-state index < -0.39 is 0 Å². The predicted molar refractivity (Wildman–Crippen MR) is 94.5 cm³/mol. The molecule has 0 radical (unpaired) electrons. The minimum Gasteiger partial charge on any atom is -0.381 e. The Bertz CT molecular complexity index is 764. The maximum atomic E-state index is 6.00. The second-order valence-electron chi connectivity index (χ2n) is 4.82. The molecule has 0 aliphatic carbocycles. The Kier molecular flexibility index (Phi) is 3.89. The molecule has 0 aliphatic heterocycles. The summed E-state index contributed by atoms with van der Waals surface area (Å²) < 4.78 is 1.26. The second-order valence-corrected chi connectivity index (χ2v) is 6.50. The van der Waals surface area contributed by atoms with Crippen LogP contribution in [-0.4, -0.2) is 4.98 Å². The van der Waals surface area contributed by atoms with E-state index in [1.54, 1.807) is 0 Å². The van der Waals surface area contributed by atoms with Crippen molar-refractivity contribution in [3.05, 3.63) is 62.3 Å². The molecule has 0 aliphatic rings. The number of rotatable bonds is 3. The molecule has 20 heavy (non-hydrogen) atoms. The van der Waals surface area contributed by atoms with Crippen LogP contribution in [-0.2, 0) is 6.54 Å². The molecule has 102 valence electrons. The number of hydrogen-bond acceptors (Lipinski definition) is 1. The molecule has 0 atom stereocenters. The summed E-state index contributed by atoms with van der Waals surface area (Å²) >= 11 is 8.33. The zero-order valence-electron chi connectivity index (χ0n) is 11.0. The summed E-state index contributed by atoms with van der Waals surface area (Å²) in [5.74, 6) is 0. The quantitative estimate of drug-likeness (QED) is 0.574. The highest BCUT2D eigenvalue weighted by molar-refractivity contribution is 14.1. The number of aromatic amines is 1. The summed E-state index contributed by atoms with van der Waals surface area (Å²) in [4.78, 5) is 3.26. The molecule has 0 bridgehead atoms. The van der Waals surface area contributed by atoms with E-state index in [4.69, 9.17) is 11.6 Å². The molecule has 1 aromatic heterocycles. The van der Waals surface area contributed by atoms with Crippen molar-refractivity contribution < 1.29 is 0 Å². The van der Waals surface area contributed by atoms with Crippen molar-refractivity contribution >= 4 is 50.8 Å². The summed E-state index contributed by atoms with van der Waals surface area (Å²) in [7, 11) is 0. The Morgan fingerprint density at radius 2 is 2.05 bits per heavy atom. The number of aromatic nitrogens is 1. The molecular weight excluding hydrogens is 383 g/mol. The fraction of sp³-hybridized carbons (Fsp3) is 0.125. The molecule has 2 N–H and O–H groups in total. The van der Waals surface area contributed by atoms with Crippen LogP contribution in [0.15, 0.2) is 42.6 Å². The lowest BCUT2D eigenvalue weighted by Crippen LogP contribution is -2.00. The highest BCUT2D eigenvalue weighted by Crippen LogP contribution is 2.24. The zero-order chi connectivity index (χ0) is 14.1. The van der Waals surface area contributed by atoms with E-state index >= 15 is 0 Å². The first-order chi connectivity index (χ1) is 9.63. The lowest BCUT2D eigenvalue weighted by molar-refractivity contribution is 1.15. The minimum absolute atomic E-state index is 0.757. The van der Waals surface area contributed by atoms with Crippen LogP contribution in [0.4, 0.5) is 5.69 Å². The Balaban J connectivity index is 1.83. The average Bonchev–Trinajstić information content (AvgIpc) is 2.80. The molecule has 0 saturated heterocycles. The van der Waals surface area contributed by atoms with Crippen molar-refractivity contribution in [2.75, 3.05) is 5.32 Å². The SMILES string of the molecule is Cc1cc(I)ccc1NCc1c[nH]c2cc(Cl)ccc12. The van der Waals surface area contributed by atoms with Gasteiger partial charge in [0, 0.05) is 37.9 Å². The van der Waals surface area contributed by atoms with E-state index in [1.165, 1.54) is 25.8 Å². The van der Waals surface area contributed by atoms with Crippen LogP contribution >= 0.6 is 34.2 Å². The molecule has 2 nitrogen and oxygen atoms in total. The Hall–Kier alpha value is -1.20. The van der Waals surface area contributed by atoms with Crippen LogP contribution in [0, 0.1) is 10.5 Å². The number of fused-ring (bicyclic) bond motifs is 1. The first-order valence-corrected chi connectivity index (χ1v) is 7.85. The molecular formula is C16H14ClIN2. The molecule has 0 fully saturated rings. The van der Waals surface area contributed by atoms with Crippen molar-refractivity contribution in [1.82, 2.24) is 4.98 Å². The van der Waals surface area contributed by atoms with Crippen LogP contribution in [0.25, 0.3) is 10.9 Å². The summed E-state index contributed by atoms with van der Waals surface area (Å²) in [6, 6.07) is 12.4. The summed E-state index contributed by atoms with van der Waals surface area (Å²) in [5, 5.41) is 5.46. The standard InChI is InChI=1S/C16H14ClIN2/c1-10-6-13(18)3-5-15(10)19-8-11-9-20-16-7-12(17)2-4-14(11)16/h2-7,9,19-20H,8H2,1H3. The van der Waals surface area contributed by atoms with Gasteiger partial charge in [-0.3, -0.25) is 0 Å². The normalized spacial score (nSPS) is 10.9. The maximum Gasteiger partial charge on any atom is 0.0472 e. The number of halogens is 2. The van der Waals surface area contributed by atoms with E-state index in [2.05, 4.69) is 64.1 Å². The van der Waals surface area contributed by atoms with Crippen molar-refractivity contribution in [3.63, 3.8) is 0 Å². The first kappa shape index (κ1) is 13.8.